The fraction of sp³-hybridized carbons (Fsp3) is 1.00. The van der Waals surface area contributed by atoms with Gasteiger partial charge in [-0.1, -0.05) is 0 Å². The van der Waals surface area contributed by atoms with Crippen molar-refractivity contribution < 1.29 is 3.76 Å². The molecule has 0 N–H and O–H groups in total. The Morgan fingerprint density at radius 2 is 1.29 bits per heavy atom. The Balaban J connectivity index is 3.03. The molecule has 24 heavy (non-hydrogen) atoms. The molecule has 1 saturated heterocycles. The van der Waals surface area contributed by atoms with Gasteiger partial charge >= 0.3 is 158 Å². The van der Waals surface area contributed by atoms with Gasteiger partial charge in [0.2, 0.25) is 0 Å². The molecule has 1 aliphatic heterocycles. The van der Waals surface area contributed by atoms with E-state index in [2.05, 4.69) is 53.1 Å². The van der Waals surface area contributed by atoms with E-state index in [1.54, 1.807) is 15.8 Å². The maximum atomic E-state index is 7.33. The normalized spacial score (nSPS) is 22.2. The first-order valence-electron chi connectivity index (χ1n) is 10.9. The van der Waals surface area contributed by atoms with Crippen LogP contribution in [0.15, 0.2) is 0 Å². The summed E-state index contributed by atoms with van der Waals surface area (Å²) in [6, 6.07) is 0. The Kier molecular flexibility index (Phi) is 9.45. The van der Waals surface area contributed by atoms with Crippen LogP contribution in [0.25, 0.3) is 0 Å². The molecular formula is C21H46Ge2O. The van der Waals surface area contributed by atoms with Crippen molar-refractivity contribution in [1.29, 1.82) is 0 Å². The molecule has 0 aromatic carbocycles. The first kappa shape index (κ1) is 23.1. The van der Waals surface area contributed by atoms with Crippen LogP contribution in [0.2, 0.25) is 27.3 Å². The second-order valence-electron chi connectivity index (χ2n) is 9.57. The molecule has 0 radical (unpaired) electrons. The van der Waals surface area contributed by atoms with Crippen molar-refractivity contribution in [3.63, 3.8) is 0 Å². The van der Waals surface area contributed by atoms with Crippen LogP contribution in [0.4, 0.5) is 0 Å². The minimum atomic E-state index is -2.15. The fourth-order valence-corrected chi connectivity index (χ4v) is 49.3. The van der Waals surface area contributed by atoms with Gasteiger partial charge in [-0.25, -0.2) is 0 Å². The summed E-state index contributed by atoms with van der Waals surface area (Å²) in [7, 11) is 0. The Morgan fingerprint density at radius 3 is 1.62 bits per heavy atom. The predicted molar refractivity (Wildman–Crippen MR) is 115 cm³/mol. The van der Waals surface area contributed by atoms with Gasteiger partial charge in [0.25, 0.3) is 0 Å². The van der Waals surface area contributed by atoms with E-state index in [1.165, 1.54) is 44.9 Å². The zero-order valence-electron chi connectivity index (χ0n) is 18.1. The first-order chi connectivity index (χ1) is 11.2. The van der Waals surface area contributed by atoms with Gasteiger partial charge < -0.3 is 0 Å². The van der Waals surface area contributed by atoms with Gasteiger partial charge in [-0.05, 0) is 0 Å². The summed E-state index contributed by atoms with van der Waals surface area (Å²) in [6.07, 6.45) is 9.98. The molecule has 0 saturated carbocycles. The van der Waals surface area contributed by atoms with Crippen molar-refractivity contribution in [2.24, 2.45) is 11.8 Å². The molecule has 0 spiro atoms. The molecular weight excluding hydrogens is 413 g/mol. The van der Waals surface area contributed by atoms with Gasteiger partial charge in [0, 0.05) is 0 Å². The Morgan fingerprint density at radius 1 is 0.833 bits per heavy atom. The van der Waals surface area contributed by atoms with Gasteiger partial charge in [-0.2, -0.15) is 0 Å². The average molecular weight is 460 g/mol. The summed E-state index contributed by atoms with van der Waals surface area (Å²) in [4.78, 5) is 0. The number of rotatable bonds is 10. The third-order valence-electron chi connectivity index (χ3n) is 7.19. The molecule has 0 aromatic rings. The maximum absolute atomic E-state index is 7.33. The SMILES string of the molecule is CCCC[CH2][Ge]1([CH2]CCCC)[CH2]CC(C(C)C)(C(C)C)[O][Ge]1([CH3])[CH3]. The molecule has 0 unspecified atom stereocenters. The molecule has 0 aliphatic carbocycles. The Hall–Kier alpha value is 1.05. The van der Waals surface area contributed by atoms with E-state index in [4.69, 9.17) is 3.76 Å². The summed E-state index contributed by atoms with van der Waals surface area (Å²) in [5.74, 6) is 6.68. The van der Waals surface area contributed by atoms with E-state index < -0.39 is 22.9 Å². The molecule has 3 heteroatoms. The molecule has 0 aromatic heterocycles. The first-order valence-corrected chi connectivity index (χ1v) is 26.9. The van der Waals surface area contributed by atoms with Crippen LogP contribution in [-0.2, 0) is 3.76 Å². The average Bonchev–Trinajstić information content (AvgIpc) is 2.49. The third kappa shape index (κ3) is 5.06. The molecule has 0 amide bonds. The topological polar surface area (TPSA) is 9.23 Å². The number of hydrogen-bond donors (Lipinski definition) is 0. The van der Waals surface area contributed by atoms with Gasteiger partial charge in [0.1, 0.15) is 0 Å². The molecule has 144 valence electrons. The van der Waals surface area contributed by atoms with Crippen molar-refractivity contribution in [3.8, 4) is 0 Å². The number of hydrogen-bond acceptors (Lipinski definition) is 1. The van der Waals surface area contributed by atoms with Crippen LogP contribution in [0.3, 0.4) is 0 Å². The molecule has 1 nitrogen and oxygen atoms in total. The van der Waals surface area contributed by atoms with Gasteiger partial charge in [-0.3, -0.25) is 0 Å². The van der Waals surface area contributed by atoms with E-state index in [0.29, 0.717) is 11.8 Å². The zero-order chi connectivity index (χ0) is 18.4. The van der Waals surface area contributed by atoms with Crippen molar-refractivity contribution in [2.45, 2.75) is 119 Å². The molecule has 1 aliphatic rings. The second kappa shape index (κ2) is 9.83. The van der Waals surface area contributed by atoms with Crippen LogP contribution < -0.4 is 0 Å². The molecule has 1 rings (SSSR count). The Bertz CT molecular complexity index is 345. The van der Waals surface area contributed by atoms with Crippen LogP contribution in [0, 0.1) is 11.8 Å². The van der Waals surface area contributed by atoms with Gasteiger partial charge in [0.15, 0.2) is 0 Å². The standard InChI is InChI=1S/C21H46Ge2O/c1-9-11-13-16-23(17-14-12-10-2)18-15-21(19(3)4,20(5)6)24-22(23,7)8/h19-20H,9-18H2,1-8H3. The van der Waals surface area contributed by atoms with E-state index in [0.717, 1.165) is 0 Å². The van der Waals surface area contributed by atoms with E-state index >= 15 is 0 Å². The summed E-state index contributed by atoms with van der Waals surface area (Å²) < 4.78 is 7.33. The van der Waals surface area contributed by atoms with Crippen molar-refractivity contribution >= 4 is 22.9 Å². The fourth-order valence-electron chi connectivity index (χ4n) is 5.25. The van der Waals surface area contributed by atoms with E-state index in [-0.39, 0.29) is 5.60 Å². The number of unbranched alkanes of at least 4 members (excludes halogenated alkanes) is 4. The molecule has 1 heterocycles. The van der Waals surface area contributed by atoms with Crippen LogP contribution in [0.1, 0.15) is 86.5 Å². The summed E-state index contributed by atoms with van der Waals surface area (Å²) in [6.45, 7) is 14.3. The van der Waals surface area contributed by atoms with Crippen LogP contribution >= 0.6 is 0 Å². The van der Waals surface area contributed by atoms with Crippen LogP contribution in [0.5, 0.6) is 0 Å². The Labute approximate surface area is 157 Å². The summed E-state index contributed by atoms with van der Waals surface area (Å²) in [5.41, 5.74) is 0.188. The quantitative estimate of drug-likeness (QED) is 0.242. The van der Waals surface area contributed by atoms with Crippen molar-refractivity contribution in [2.75, 3.05) is 0 Å². The monoisotopic (exact) mass is 462 g/mol. The summed E-state index contributed by atoms with van der Waals surface area (Å²) in [5, 5.41) is 4.87. The minimum absolute atomic E-state index is 0.188. The zero-order valence-corrected chi connectivity index (χ0v) is 22.3. The van der Waals surface area contributed by atoms with Gasteiger partial charge in [-0.15, -0.1) is 0 Å². The summed E-state index contributed by atoms with van der Waals surface area (Å²) >= 11 is -3.96. The second-order valence-corrected chi connectivity index (χ2v) is 49.5. The predicted octanol–water partition coefficient (Wildman–Crippen LogP) is 7.57. The van der Waals surface area contributed by atoms with Crippen LogP contribution in [-0.4, -0.2) is 28.5 Å². The third-order valence-corrected chi connectivity index (χ3v) is 59.6. The molecule has 1 fully saturated rings. The van der Waals surface area contributed by atoms with Crippen molar-refractivity contribution in [1.82, 2.24) is 0 Å². The van der Waals surface area contributed by atoms with Gasteiger partial charge in [0.05, 0.1) is 0 Å². The molecule has 0 bridgehead atoms. The van der Waals surface area contributed by atoms with Crippen molar-refractivity contribution in [3.05, 3.63) is 0 Å². The van der Waals surface area contributed by atoms with E-state index in [9.17, 15) is 0 Å². The van der Waals surface area contributed by atoms with E-state index in [1.807, 2.05) is 0 Å². The molecule has 0 atom stereocenters.